The maximum atomic E-state index is 12.3. The van der Waals surface area contributed by atoms with Gasteiger partial charge in [0.15, 0.2) is 0 Å². The highest BCUT2D eigenvalue weighted by Crippen LogP contribution is 2.37. The molecule has 0 aliphatic heterocycles. The van der Waals surface area contributed by atoms with Gasteiger partial charge < -0.3 is 5.32 Å². The minimum absolute atomic E-state index is 0.00115. The molecule has 7 heteroatoms. The number of hydrogen-bond donors (Lipinski definition) is 2. The Bertz CT molecular complexity index is 539. The van der Waals surface area contributed by atoms with E-state index in [0.717, 1.165) is 19.3 Å². The van der Waals surface area contributed by atoms with E-state index in [2.05, 4.69) is 33.9 Å². The third kappa shape index (κ3) is 3.03. The van der Waals surface area contributed by atoms with E-state index in [1.165, 1.54) is 12.4 Å². The quantitative estimate of drug-likeness (QED) is 0.872. The molecule has 1 aromatic heterocycles. The Balaban J connectivity index is 2.18. The molecule has 6 nitrogen and oxygen atoms in total. The van der Waals surface area contributed by atoms with Crippen LogP contribution in [0, 0.1) is 5.41 Å². The second-order valence-corrected chi connectivity index (χ2v) is 7.26. The zero-order chi connectivity index (χ0) is 14.1. The summed E-state index contributed by atoms with van der Waals surface area (Å²) in [5, 5.41) is 2.75. The lowest BCUT2D eigenvalue weighted by Gasteiger charge is -2.27. The molecule has 2 rings (SSSR count). The molecular formula is C12H20N4O2S. The van der Waals surface area contributed by atoms with Crippen LogP contribution in [0.25, 0.3) is 0 Å². The van der Waals surface area contributed by atoms with Crippen molar-refractivity contribution in [1.82, 2.24) is 14.7 Å². The lowest BCUT2D eigenvalue weighted by Crippen LogP contribution is -2.41. The summed E-state index contributed by atoms with van der Waals surface area (Å²) in [6, 6.07) is -0.0264. The Kier molecular flexibility index (Phi) is 3.78. The van der Waals surface area contributed by atoms with E-state index < -0.39 is 10.0 Å². The molecule has 1 aliphatic rings. The van der Waals surface area contributed by atoms with Gasteiger partial charge in [-0.05, 0) is 18.3 Å². The molecule has 0 spiro atoms. The predicted molar refractivity (Wildman–Crippen MR) is 73.3 cm³/mol. The van der Waals surface area contributed by atoms with E-state index >= 15 is 0 Å². The fourth-order valence-corrected chi connectivity index (χ4v) is 3.72. The molecule has 0 aromatic carbocycles. The summed E-state index contributed by atoms with van der Waals surface area (Å²) < 4.78 is 27.3. The van der Waals surface area contributed by atoms with E-state index in [0.29, 0.717) is 5.95 Å². The van der Waals surface area contributed by atoms with Crippen molar-refractivity contribution in [1.29, 1.82) is 0 Å². The molecule has 1 saturated carbocycles. The molecule has 19 heavy (non-hydrogen) atoms. The third-order valence-electron chi connectivity index (χ3n) is 3.72. The van der Waals surface area contributed by atoms with Crippen LogP contribution in [0.5, 0.6) is 0 Å². The van der Waals surface area contributed by atoms with Crippen molar-refractivity contribution in [2.45, 2.75) is 44.0 Å². The number of sulfonamides is 1. The molecule has 0 radical (unpaired) electrons. The first-order chi connectivity index (χ1) is 8.85. The van der Waals surface area contributed by atoms with Gasteiger partial charge in [0, 0.05) is 13.1 Å². The summed E-state index contributed by atoms with van der Waals surface area (Å²) in [5.41, 5.74) is -0.00115. The zero-order valence-electron chi connectivity index (χ0n) is 11.5. The maximum absolute atomic E-state index is 12.3. The highest BCUT2D eigenvalue weighted by Gasteiger charge is 2.37. The van der Waals surface area contributed by atoms with E-state index in [1.54, 1.807) is 7.05 Å². The molecule has 1 unspecified atom stereocenters. The average molecular weight is 284 g/mol. The third-order valence-corrected chi connectivity index (χ3v) is 5.14. The van der Waals surface area contributed by atoms with Crippen LogP contribution >= 0.6 is 0 Å². The van der Waals surface area contributed by atoms with Crippen molar-refractivity contribution in [2.75, 3.05) is 12.4 Å². The van der Waals surface area contributed by atoms with Gasteiger partial charge in [-0.1, -0.05) is 20.3 Å². The van der Waals surface area contributed by atoms with E-state index in [9.17, 15) is 8.42 Å². The van der Waals surface area contributed by atoms with Gasteiger partial charge >= 0.3 is 0 Å². The second-order valence-electron chi connectivity index (χ2n) is 5.55. The van der Waals surface area contributed by atoms with Gasteiger partial charge in [-0.15, -0.1) is 0 Å². The normalized spacial score (nSPS) is 22.4. The van der Waals surface area contributed by atoms with Crippen LogP contribution in [0.4, 0.5) is 5.95 Å². The SMILES string of the molecule is CNc1ncc(S(=O)(=O)NC2CCCC2(C)C)cn1. The molecular weight excluding hydrogens is 264 g/mol. The van der Waals surface area contributed by atoms with Crippen LogP contribution in [0.2, 0.25) is 0 Å². The van der Waals surface area contributed by atoms with Crippen molar-refractivity contribution in [3.05, 3.63) is 12.4 Å². The van der Waals surface area contributed by atoms with Crippen LogP contribution < -0.4 is 10.0 Å². The minimum Gasteiger partial charge on any atom is -0.357 e. The topological polar surface area (TPSA) is 84.0 Å². The minimum atomic E-state index is -3.54. The highest BCUT2D eigenvalue weighted by molar-refractivity contribution is 7.89. The zero-order valence-corrected chi connectivity index (χ0v) is 12.3. The van der Waals surface area contributed by atoms with Gasteiger partial charge in [0.25, 0.3) is 0 Å². The molecule has 1 aromatic rings. The van der Waals surface area contributed by atoms with Crippen molar-refractivity contribution < 1.29 is 8.42 Å². The summed E-state index contributed by atoms with van der Waals surface area (Å²) >= 11 is 0. The first-order valence-electron chi connectivity index (χ1n) is 6.37. The molecule has 106 valence electrons. The van der Waals surface area contributed by atoms with Gasteiger partial charge in [0.1, 0.15) is 4.90 Å². The maximum Gasteiger partial charge on any atom is 0.243 e. The van der Waals surface area contributed by atoms with E-state index in [4.69, 9.17) is 0 Å². The molecule has 0 saturated heterocycles. The number of nitrogens with zero attached hydrogens (tertiary/aromatic N) is 2. The van der Waals surface area contributed by atoms with Crippen LogP contribution in [0.1, 0.15) is 33.1 Å². The van der Waals surface area contributed by atoms with Crippen LogP contribution in [0.3, 0.4) is 0 Å². The fraction of sp³-hybridized carbons (Fsp3) is 0.667. The Hall–Kier alpha value is -1.21. The van der Waals surface area contributed by atoms with Gasteiger partial charge in [-0.3, -0.25) is 0 Å². The van der Waals surface area contributed by atoms with Gasteiger partial charge in [-0.2, -0.15) is 0 Å². The Morgan fingerprint density at radius 2 is 1.95 bits per heavy atom. The van der Waals surface area contributed by atoms with Crippen LogP contribution in [0.15, 0.2) is 17.3 Å². The Morgan fingerprint density at radius 1 is 1.32 bits per heavy atom. The smallest absolute Gasteiger partial charge is 0.243 e. The number of rotatable bonds is 4. The van der Waals surface area contributed by atoms with Crippen molar-refractivity contribution in [3.63, 3.8) is 0 Å². The summed E-state index contributed by atoms with van der Waals surface area (Å²) in [6.45, 7) is 4.18. The monoisotopic (exact) mass is 284 g/mol. The molecule has 0 amide bonds. The summed E-state index contributed by atoms with van der Waals surface area (Å²) in [6.07, 6.45) is 5.61. The summed E-state index contributed by atoms with van der Waals surface area (Å²) in [5.74, 6) is 0.403. The largest absolute Gasteiger partial charge is 0.357 e. The average Bonchev–Trinajstić information content (AvgIpc) is 2.68. The number of aromatic nitrogens is 2. The Morgan fingerprint density at radius 3 is 2.42 bits per heavy atom. The van der Waals surface area contributed by atoms with E-state index in [1.807, 2.05) is 0 Å². The standard InChI is InChI=1S/C12H20N4O2S/c1-12(2)6-4-5-10(12)16-19(17,18)9-7-14-11(13-3)15-8-9/h7-8,10,16H,4-6H2,1-3H3,(H,13,14,15). The van der Waals surface area contributed by atoms with Crippen molar-refractivity contribution >= 4 is 16.0 Å². The lowest BCUT2D eigenvalue weighted by molar-refractivity contribution is 0.313. The molecule has 1 aliphatic carbocycles. The fourth-order valence-electron chi connectivity index (χ4n) is 2.38. The van der Waals surface area contributed by atoms with Crippen molar-refractivity contribution in [3.8, 4) is 0 Å². The number of nitrogens with one attached hydrogen (secondary N) is 2. The van der Waals surface area contributed by atoms with E-state index in [-0.39, 0.29) is 16.4 Å². The number of hydrogen-bond acceptors (Lipinski definition) is 5. The van der Waals surface area contributed by atoms with Gasteiger partial charge in [-0.25, -0.2) is 23.1 Å². The predicted octanol–water partition coefficient (Wildman–Crippen LogP) is 1.38. The molecule has 2 N–H and O–H groups in total. The molecule has 1 atom stereocenters. The molecule has 1 heterocycles. The second kappa shape index (κ2) is 5.05. The number of anilines is 1. The Labute approximate surface area is 114 Å². The first-order valence-corrected chi connectivity index (χ1v) is 7.85. The van der Waals surface area contributed by atoms with Crippen molar-refractivity contribution in [2.24, 2.45) is 5.41 Å². The van der Waals surface area contributed by atoms with Crippen LogP contribution in [-0.2, 0) is 10.0 Å². The van der Waals surface area contributed by atoms with Gasteiger partial charge in [0.2, 0.25) is 16.0 Å². The summed E-state index contributed by atoms with van der Waals surface area (Å²) in [7, 11) is -1.86. The van der Waals surface area contributed by atoms with Gasteiger partial charge in [0.05, 0.1) is 12.4 Å². The van der Waals surface area contributed by atoms with Crippen LogP contribution in [-0.4, -0.2) is 31.5 Å². The lowest BCUT2D eigenvalue weighted by atomic mass is 9.88. The summed E-state index contributed by atoms with van der Waals surface area (Å²) in [4.78, 5) is 7.97. The highest BCUT2D eigenvalue weighted by atomic mass is 32.2. The molecule has 0 bridgehead atoms. The molecule has 1 fully saturated rings. The first kappa shape index (κ1) is 14.2.